The number of ether oxygens (including phenoxy) is 1. The van der Waals surface area contributed by atoms with E-state index in [1.165, 1.54) is 0 Å². The van der Waals surface area contributed by atoms with E-state index in [-0.39, 0.29) is 11.8 Å². The molecule has 0 bridgehead atoms. The van der Waals surface area contributed by atoms with E-state index in [0.717, 1.165) is 18.2 Å². The van der Waals surface area contributed by atoms with Crippen LogP contribution in [0.25, 0.3) is 0 Å². The molecule has 0 fully saturated rings. The van der Waals surface area contributed by atoms with E-state index in [2.05, 4.69) is 20.6 Å². The van der Waals surface area contributed by atoms with E-state index in [4.69, 9.17) is 4.74 Å². The van der Waals surface area contributed by atoms with Gasteiger partial charge in [-0.3, -0.25) is 0 Å². The highest BCUT2D eigenvalue weighted by Crippen LogP contribution is 2.37. The second kappa shape index (κ2) is 8.81. The van der Waals surface area contributed by atoms with Crippen LogP contribution in [0.3, 0.4) is 0 Å². The summed E-state index contributed by atoms with van der Waals surface area (Å²) in [5.74, 6) is 0.160. The average Bonchev–Trinajstić information content (AvgIpc) is 2.68. The Hall–Kier alpha value is -3.29. The molecule has 0 unspecified atom stereocenters. The number of para-hydroxylation sites is 3. The second-order valence-corrected chi connectivity index (χ2v) is 6.36. The highest BCUT2D eigenvalue weighted by Gasteiger charge is 2.35. The van der Waals surface area contributed by atoms with Crippen molar-refractivity contribution in [2.24, 2.45) is 0 Å². The lowest BCUT2D eigenvalue weighted by molar-refractivity contribution is -0.137. The van der Waals surface area contributed by atoms with Crippen LogP contribution in [-0.4, -0.2) is 16.6 Å². The first-order valence-electron chi connectivity index (χ1n) is 9.14. The van der Waals surface area contributed by atoms with Gasteiger partial charge in [0.15, 0.2) is 0 Å². The van der Waals surface area contributed by atoms with Crippen molar-refractivity contribution in [1.82, 2.24) is 9.97 Å². The Balaban J connectivity index is 1.97. The first kappa shape index (κ1) is 20.4. The molecule has 29 heavy (non-hydrogen) atoms. The van der Waals surface area contributed by atoms with Gasteiger partial charge in [0.1, 0.15) is 17.1 Å². The molecule has 2 N–H and O–H groups in total. The molecule has 0 spiro atoms. The maximum absolute atomic E-state index is 13.5. The van der Waals surface area contributed by atoms with Crippen LogP contribution in [0.2, 0.25) is 0 Å². The lowest BCUT2D eigenvalue weighted by Gasteiger charge is -2.17. The number of nitrogens with one attached hydrogen (secondary N) is 2. The van der Waals surface area contributed by atoms with Crippen molar-refractivity contribution in [3.63, 3.8) is 0 Å². The summed E-state index contributed by atoms with van der Waals surface area (Å²) in [6.07, 6.45) is -3.06. The Labute approximate surface area is 167 Å². The number of benzene rings is 2. The van der Waals surface area contributed by atoms with E-state index in [0.29, 0.717) is 23.7 Å². The summed E-state index contributed by atoms with van der Waals surface area (Å²) in [5, 5.41) is 5.73. The number of aryl methyl sites for hydroxylation is 1. The molecule has 0 radical (unpaired) electrons. The van der Waals surface area contributed by atoms with Crippen LogP contribution in [0.4, 0.5) is 36.3 Å². The predicted octanol–water partition coefficient (Wildman–Crippen LogP) is 6.08. The third-order valence-corrected chi connectivity index (χ3v) is 4.09. The van der Waals surface area contributed by atoms with Crippen molar-refractivity contribution < 1.29 is 17.9 Å². The number of alkyl halides is 3. The Kier molecular flexibility index (Phi) is 6.21. The highest BCUT2D eigenvalue weighted by atomic mass is 19.4. The summed E-state index contributed by atoms with van der Waals surface area (Å²) < 4.78 is 46.1. The first-order valence-corrected chi connectivity index (χ1v) is 9.14. The fraction of sp³-hybridized carbons (Fsp3) is 0.238. The number of hydrogen-bond donors (Lipinski definition) is 2. The van der Waals surface area contributed by atoms with Crippen LogP contribution in [0, 0.1) is 6.92 Å². The van der Waals surface area contributed by atoms with Crippen LogP contribution in [0.5, 0.6) is 5.75 Å². The van der Waals surface area contributed by atoms with Gasteiger partial charge >= 0.3 is 6.18 Å². The minimum atomic E-state index is -4.61. The van der Waals surface area contributed by atoms with Gasteiger partial charge in [0, 0.05) is 11.9 Å². The SMILES string of the molecule is CCCOc1ccccc1Nc1nc(Nc2ccccc2C)ncc1C(F)(F)F. The zero-order chi connectivity index (χ0) is 20.9. The molecule has 5 nitrogen and oxygen atoms in total. The number of halogens is 3. The molecule has 3 rings (SSSR count). The van der Waals surface area contributed by atoms with Gasteiger partial charge in [0.2, 0.25) is 5.95 Å². The molecule has 152 valence electrons. The Morgan fingerprint density at radius 1 is 0.966 bits per heavy atom. The largest absolute Gasteiger partial charge is 0.491 e. The van der Waals surface area contributed by atoms with E-state index in [9.17, 15) is 13.2 Å². The van der Waals surface area contributed by atoms with Crippen molar-refractivity contribution >= 4 is 23.1 Å². The Bertz CT molecular complexity index is 976. The number of rotatable bonds is 7. The lowest BCUT2D eigenvalue weighted by atomic mass is 10.2. The van der Waals surface area contributed by atoms with Crippen molar-refractivity contribution in [3.05, 3.63) is 65.9 Å². The van der Waals surface area contributed by atoms with Crippen molar-refractivity contribution in [2.75, 3.05) is 17.2 Å². The molecule has 0 amide bonds. The lowest BCUT2D eigenvalue weighted by Crippen LogP contribution is -2.13. The molecule has 3 aromatic rings. The van der Waals surface area contributed by atoms with E-state index >= 15 is 0 Å². The fourth-order valence-corrected chi connectivity index (χ4v) is 2.61. The quantitative estimate of drug-likeness (QED) is 0.502. The smallest absolute Gasteiger partial charge is 0.421 e. The Morgan fingerprint density at radius 2 is 1.66 bits per heavy atom. The molecule has 2 aromatic carbocycles. The molecular formula is C21H21F3N4O. The van der Waals surface area contributed by atoms with Crippen LogP contribution in [-0.2, 0) is 6.18 Å². The van der Waals surface area contributed by atoms with Gasteiger partial charge in [0.25, 0.3) is 0 Å². The van der Waals surface area contributed by atoms with E-state index in [1.54, 1.807) is 30.3 Å². The van der Waals surface area contributed by atoms with E-state index < -0.39 is 11.7 Å². The third-order valence-electron chi connectivity index (χ3n) is 4.09. The summed E-state index contributed by atoms with van der Waals surface area (Å²) in [6, 6.07) is 14.2. The monoisotopic (exact) mass is 402 g/mol. The van der Waals surface area contributed by atoms with Gasteiger partial charge in [-0.05, 0) is 37.1 Å². The molecule has 0 saturated carbocycles. The number of anilines is 4. The number of aromatic nitrogens is 2. The minimum Gasteiger partial charge on any atom is -0.491 e. The first-order chi connectivity index (χ1) is 13.9. The topological polar surface area (TPSA) is 59.1 Å². The van der Waals surface area contributed by atoms with Crippen LogP contribution in [0.15, 0.2) is 54.7 Å². The molecule has 0 aliphatic carbocycles. The Morgan fingerprint density at radius 3 is 2.34 bits per heavy atom. The second-order valence-electron chi connectivity index (χ2n) is 6.36. The molecule has 0 aliphatic heterocycles. The highest BCUT2D eigenvalue weighted by molar-refractivity contribution is 5.68. The van der Waals surface area contributed by atoms with Gasteiger partial charge in [-0.1, -0.05) is 37.3 Å². The van der Waals surface area contributed by atoms with E-state index in [1.807, 2.05) is 32.0 Å². The summed E-state index contributed by atoms with van der Waals surface area (Å²) in [6.45, 7) is 4.29. The molecule has 0 saturated heterocycles. The molecule has 0 aliphatic rings. The van der Waals surface area contributed by atoms with Crippen LogP contribution in [0.1, 0.15) is 24.5 Å². The molecule has 0 atom stereocenters. The number of hydrogen-bond acceptors (Lipinski definition) is 5. The minimum absolute atomic E-state index is 0.0572. The summed E-state index contributed by atoms with van der Waals surface area (Å²) in [7, 11) is 0. The van der Waals surface area contributed by atoms with Crippen LogP contribution >= 0.6 is 0 Å². The maximum Gasteiger partial charge on any atom is 0.421 e. The van der Waals surface area contributed by atoms with Gasteiger partial charge in [-0.2, -0.15) is 18.2 Å². The third kappa shape index (κ3) is 5.16. The summed E-state index contributed by atoms with van der Waals surface area (Å²) in [4.78, 5) is 7.93. The normalized spacial score (nSPS) is 11.2. The predicted molar refractivity (Wildman–Crippen MR) is 107 cm³/mol. The van der Waals surface area contributed by atoms with Crippen molar-refractivity contribution in [3.8, 4) is 5.75 Å². The number of nitrogens with zero attached hydrogens (tertiary/aromatic N) is 2. The fourth-order valence-electron chi connectivity index (χ4n) is 2.61. The summed E-state index contributed by atoms with van der Waals surface area (Å²) in [5.41, 5.74) is 1.07. The van der Waals surface area contributed by atoms with Crippen molar-refractivity contribution in [2.45, 2.75) is 26.4 Å². The van der Waals surface area contributed by atoms with Crippen LogP contribution < -0.4 is 15.4 Å². The zero-order valence-electron chi connectivity index (χ0n) is 16.0. The standard InChI is InChI=1S/C21H21F3N4O/c1-3-12-29-18-11-7-6-10-17(18)26-19-15(21(22,23)24)13-25-20(28-19)27-16-9-5-4-8-14(16)2/h4-11,13H,3,12H2,1-2H3,(H2,25,26,27,28). The maximum atomic E-state index is 13.5. The van der Waals surface area contributed by atoms with Gasteiger partial charge in [0.05, 0.1) is 12.3 Å². The van der Waals surface area contributed by atoms with Gasteiger partial charge in [-0.25, -0.2) is 4.98 Å². The van der Waals surface area contributed by atoms with Gasteiger partial charge in [-0.15, -0.1) is 0 Å². The zero-order valence-corrected chi connectivity index (χ0v) is 16.0. The summed E-state index contributed by atoms with van der Waals surface area (Å²) >= 11 is 0. The molecular weight excluding hydrogens is 381 g/mol. The molecule has 8 heteroatoms. The average molecular weight is 402 g/mol. The molecule has 1 heterocycles. The van der Waals surface area contributed by atoms with Gasteiger partial charge < -0.3 is 15.4 Å². The van der Waals surface area contributed by atoms with Crippen molar-refractivity contribution in [1.29, 1.82) is 0 Å². The molecule has 1 aromatic heterocycles.